The van der Waals surface area contributed by atoms with Crippen LogP contribution >= 0.6 is 0 Å². The third kappa shape index (κ3) is 8.53. The van der Waals surface area contributed by atoms with Crippen LogP contribution in [0.25, 0.3) is 0 Å². The van der Waals surface area contributed by atoms with Gasteiger partial charge in [0, 0.05) is 13.1 Å². The zero-order valence-corrected chi connectivity index (χ0v) is 11.3. The summed E-state index contributed by atoms with van der Waals surface area (Å²) in [6, 6.07) is 0. The molecule has 1 atom stereocenters. The van der Waals surface area contributed by atoms with Crippen molar-refractivity contribution in [2.45, 2.75) is 53.9 Å². The Morgan fingerprint density at radius 3 is 2.07 bits per heavy atom. The van der Waals surface area contributed by atoms with Crippen LogP contribution in [-0.2, 0) is 0 Å². The molecule has 0 N–H and O–H groups in total. The summed E-state index contributed by atoms with van der Waals surface area (Å²) in [5, 5.41) is 0. The summed E-state index contributed by atoms with van der Waals surface area (Å²) in [5.74, 6) is 1.58. The first-order valence-electron chi connectivity index (χ1n) is 6.52. The van der Waals surface area contributed by atoms with Crippen LogP contribution in [0.15, 0.2) is 12.3 Å². The molecule has 0 aliphatic heterocycles. The van der Waals surface area contributed by atoms with Gasteiger partial charge >= 0.3 is 0 Å². The molecule has 15 heavy (non-hydrogen) atoms. The fraction of sp³-hybridized carbons (Fsp3) is 0.857. The van der Waals surface area contributed by atoms with Gasteiger partial charge in [-0.15, -0.1) is 0 Å². The van der Waals surface area contributed by atoms with E-state index in [0.717, 1.165) is 24.9 Å². The molecular weight excluding hydrogens is 182 g/mol. The van der Waals surface area contributed by atoms with E-state index in [1.165, 1.54) is 19.3 Å². The second kappa shape index (κ2) is 8.82. The smallest absolute Gasteiger partial charge is 0.0143 e. The summed E-state index contributed by atoms with van der Waals surface area (Å²) < 4.78 is 0. The quantitative estimate of drug-likeness (QED) is 0.578. The van der Waals surface area contributed by atoms with Crippen LogP contribution in [-0.4, -0.2) is 18.0 Å². The summed E-state index contributed by atoms with van der Waals surface area (Å²) >= 11 is 0. The molecule has 90 valence electrons. The Bertz CT molecular complexity index is 157. The zero-order chi connectivity index (χ0) is 11.7. The highest BCUT2D eigenvalue weighted by Gasteiger charge is 1.99. The summed E-state index contributed by atoms with van der Waals surface area (Å²) in [6.45, 7) is 13.6. The normalized spacial score (nSPS) is 13.7. The molecule has 1 heteroatoms. The Morgan fingerprint density at radius 2 is 1.60 bits per heavy atom. The van der Waals surface area contributed by atoms with Crippen molar-refractivity contribution in [1.29, 1.82) is 0 Å². The molecule has 0 rings (SSSR count). The molecule has 0 radical (unpaired) electrons. The van der Waals surface area contributed by atoms with Gasteiger partial charge in [0.1, 0.15) is 0 Å². The molecule has 0 aromatic heterocycles. The second-order valence-electron chi connectivity index (χ2n) is 4.86. The van der Waals surface area contributed by atoms with Gasteiger partial charge in [-0.1, -0.05) is 39.7 Å². The van der Waals surface area contributed by atoms with Gasteiger partial charge in [0.05, 0.1) is 0 Å². The summed E-state index contributed by atoms with van der Waals surface area (Å²) in [6.07, 6.45) is 8.67. The minimum absolute atomic E-state index is 0.726. The molecule has 0 saturated heterocycles. The molecule has 0 bridgehead atoms. The van der Waals surface area contributed by atoms with Gasteiger partial charge in [-0.25, -0.2) is 0 Å². The van der Waals surface area contributed by atoms with E-state index in [2.05, 4.69) is 51.8 Å². The molecule has 0 aromatic carbocycles. The van der Waals surface area contributed by atoms with Crippen LogP contribution in [0.2, 0.25) is 0 Å². The van der Waals surface area contributed by atoms with Crippen LogP contribution in [0, 0.1) is 11.8 Å². The minimum atomic E-state index is 0.726. The Labute approximate surface area is 96.6 Å². The molecule has 0 fully saturated rings. The van der Waals surface area contributed by atoms with Gasteiger partial charge in [-0.3, -0.25) is 0 Å². The number of hydrogen-bond acceptors (Lipinski definition) is 1. The van der Waals surface area contributed by atoms with Crippen LogP contribution in [0.1, 0.15) is 53.9 Å². The number of rotatable bonds is 8. The van der Waals surface area contributed by atoms with Gasteiger partial charge in [-0.05, 0) is 38.3 Å². The SMILES string of the molecule is CCN(C=CC(C)CCCC(C)C)CC. The monoisotopic (exact) mass is 211 g/mol. The molecule has 0 amide bonds. The van der Waals surface area contributed by atoms with Crippen LogP contribution < -0.4 is 0 Å². The van der Waals surface area contributed by atoms with Crippen LogP contribution in [0.5, 0.6) is 0 Å². The standard InChI is InChI=1S/C14H29N/c1-6-15(7-2)12-11-14(5)10-8-9-13(3)4/h11-14H,6-10H2,1-5H3. The van der Waals surface area contributed by atoms with Gasteiger partial charge < -0.3 is 4.90 Å². The van der Waals surface area contributed by atoms with E-state index in [1.807, 2.05) is 0 Å². The minimum Gasteiger partial charge on any atom is -0.378 e. The number of nitrogens with zero attached hydrogens (tertiary/aromatic N) is 1. The van der Waals surface area contributed by atoms with Crippen molar-refractivity contribution in [2.24, 2.45) is 11.8 Å². The van der Waals surface area contributed by atoms with Crippen molar-refractivity contribution < 1.29 is 0 Å². The fourth-order valence-electron chi connectivity index (χ4n) is 1.65. The largest absolute Gasteiger partial charge is 0.378 e. The highest BCUT2D eigenvalue weighted by molar-refractivity contribution is 4.86. The predicted molar refractivity (Wildman–Crippen MR) is 69.9 cm³/mol. The van der Waals surface area contributed by atoms with E-state index in [0.29, 0.717) is 0 Å². The molecule has 1 unspecified atom stereocenters. The molecule has 1 nitrogen and oxygen atoms in total. The fourth-order valence-corrected chi connectivity index (χ4v) is 1.65. The maximum Gasteiger partial charge on any atom is 0.0143 e. The summed E-state index contributed by atoms with van der Waals surface area (Å²) in [4.78, 5) is 2.35. The van der Waals surface area contributed by atoms with E-state index in [4.69, 9.17) is 0 Å². The van der Waals surface area contributed by atoms with Crippen molar-refractivity contribution >= 4 is 0 Å². The lowest BCUT2D eigenvalue weighted by Crippen LogP contribution is -2.15. The Hall–Kier alpha value is -0.460. The molecule has 0 heterocycles. The van der Waals surface area contributed by atoms with E-state index in [9.17, 15) is 0 Å². The summed E-state index contributed by atoms with van der Waals surface area (Å²) in [7, 11) is 0. The molecule has 0 spiro atoms. The Morgan fingerprint density at radius 1 is 1.00 bits per heavy atom. The molecule has 0 saturated carbocycles. The molecular formula is C14H29N. The predicted octanol–water partition coefficient (Wildman–Crippen LogP) is 4.30. The van der Waals surface area contributed by atoms with E-state index < -0.39 is 0 Å². The van der Waals surface area contributed by atoms with Crippen LogP contribution in [0.4, 0.5) is 0 Å². The van der Waals surface area contributed by atoms with E-state index >= 15 is 0 Å². The zero-order valence-electron chi connectivity index (χ0n) is 11.3. The topological polar surface area (TPSA) is 3.24 Å². The second-order valence-corrected chi connectivity index (χ2v) is 4.86. The highest BCUT2D eigenvalue weighted by atomic mass is 15.1. The third-order valence-electron chi connectivity index (χ3n) is 2.88. The van der Waals surface area contributed by atoms with Crippen molar-refractivity contribution in [3.8, 4) is 0 Å². The van der Waals surface area contributed by atoms with Gasteiger partial charge in [0.2, 0.25) is 0 Å². The number of allylic oxidation sites excluding steroid dienone is 1. The first kappa shape index (κ1) is 14.5. The van der Waals surface area contributed by atoms with Gasteiger partial charge in [0.25, 0.3) is 0 Å². The molecule has 0 aliphatic carbocycles. The van der Waals surface area contributed by atoms with Crippen molar-refractivity contribution in [1.82, 2.24) is 4.90 Å². The average molecular weight is 211 g/mol. The highest BCUT2D eigenvalue weighted by Crippen LogP contribution is 2.13. The Kier molecular flexibility index (Phi) is 8.55. The van der Waals surface area contributed by atoms with Gasteiger partial charge in [-0.2, -0.15) is 0 Å². The maximum atomic E-state index is 2.35. The van der Waals surface area contributed by atoms with Crippen molar-refractivity contribution in [3.05, 3.63) is 12.3 Å². The van der Waals surface area contributed by atoms with E-state index in [1.54, 1.807) is 0 Å². The molecule has 0 aliphatic rings. The number of hydrogen-bond donors (Lipinski definition) is 0. The maximum absolute atomic E-state index is 2.35. The third-order valence-corrected chi connectivity index (χ3v) is 2.88. The summed E-state index contributed by atoms with van der Waals surface area (Å²) in [5.41, 5.74) is 0. The lowest BCUT2D eigenvalue weighted by molar-refractivity contribution is 0.412. The van der Waals surface area contributed by atoms with Crippen LogP contribution in [0.3, 0.4) is 0 Å². The Balaban J connectivity index is 3.67. The lowest BCUT2D eigenvalue weighted by Gasteiger charge is -2.16. The van der Waals surface area contributed by atoms with Gasteiger partial charge in [0.15, 0.2) is 0 Å². The molecule has 0 aromatic rings. The first-order chi connectivity index (χ1) is 7.10. The van der Waals surface area contributed by atoms with E-state index in [-0.39, 0.29) is 0 Å². The van der Waals surface area contributed by atoms with Crippen molar-refractivity contribution in [2.75, 3.05) is 13.1 Å². The average Bonchev–Trinajstić information content (AvgIpc) is 2.18. The van der Waals surface area contributed by atoms with Crippen molar-refractivity contribution in [3.63, 3.8) is 0 Å². The first-order valence-corrected chi connectivity index (χ1v) is 6.52. The lowest BCUT2D eigenvalue weighted by atomic mass is 10.00.